The van der Waals surface area contributed by atoms with Crippen molar-refractivity contribution in [3.63, 3.8) is 0 Å². The van der Waals surface area contributed by atoms with Crippen LogP contribution in [0.5, 0.6) is 0 Å². The second kappa shape index (κ2) is 5.51. The van der Waals surface area contributed by atoms with Crippen LogP contribution in [0.15, 0.2) is 53.1 Å². The van der Waals surface area contributed by atoms with Gasteiger partial charge in [-0.05, 0) is 24.3 Å². The summed E-state index contributed by atoms with van der Waals surface area (Å²) in [7, 11) is 0. The number of nitrogens with one attached hydrogen (secondary N) is 1. The Kier molecular flexibility index (Phi) is 3.55. The predicted molar refractivity (Wildman–Crippen MR) is 83.8 cm³/mol. The number of halogens is 2. The van der Waals surface area contributed by atoms with Gasteiger partial charge in [-0.2, -0.15) is 5.26 Å². The van der Waals surface area contributed by atoms with Gasteiger partial charge in [0.2, 0.25) is 0 Å². The molecule has 0 saturated heterocycles. The number of nitriles is 1. The fourth-order valence-corrected chi connectivity index (χ4v) is 2.42. The van der Waals surface area contributed by atoms with Crippen LogP contribution < -0.4 is 5.32 Å². The zero-order valence-corrected chi connectivity index (χ0v) is 12.4. The average Bonchev–Trinajstić information content (AvgIpc) is 2.50. The summed E-state index contributed by atoms with van der Waals surface area (Å²) in [4.78, 5) is 4.23. The van der Waals surface area contributed by atoms with Crippen molar-refractivity contribution < 1.29 is 4.39 Å². The number of nitrogens with zero attached hydrogens (tertiary/aromatic N) is 2. The predicted octanol–water partition coefficient (Wildman–Crippen LogP) is 4.75. The second-order valence-corrected chi connectivity index (χ2v) is 5.34. The summed E-state index contributed by atoms with van der Waals surface area (Å²) in [5.74, 6) is -0.394. The third-order valence-corrected chi connectivity index (χ3v) is 3.58. The fraction of sp³-hybridized carbons (Fsp3) is 0. The number of para-hydroxylation sites is 1. The third-order valence-electron chi connectivity index (χ3n) is 3.09. The van der Waals surface area contributed by atoms with Crippen LogP contribution in [0.3, 0.4) is 0 Å². The van der Waals surface area contributed by atoms with E-state index < -0.39 is 5.82 Å². The average molecular weight is 342 g/mol. The lowest BCUT2D eigenvalue weighted by atomic mass is 10.1. The van der Waals surface area contributed by atoms with Gasteiger partial charge >= 0.3 is 0 Å². The van der Waals surface area contributed by atoms with Gasteiger partial charge in [-0.1, -0.05) is 34.1 Å². The Bertz CT molecular complexity index is 871. The van der Waals surface area contributed by atoms with Crippen molar-refractivity contribution in [3.8, 4) is 6.07 Å². The normalized spacial score (nSPS) is 10.3. The number of fused-ring (bicyclic) bond motifs is 1. The van der Waals surface area contributed by atoms with Gasteiger partial charge in [0.1, 0.15) is 11.9 Å². The number of hydrogen-bond acceptors (Lipinski definition) is 3. The maximum Gasteiger partial charge on any atom is 0.147 e. The van der Waals surface area contributed by atoms with Crippen molar-refractivity contribution in [2.75, 3.05) is 5.32 Å². The molecule has 0 aliphatic heterocycles. The van der Waals surface area contributed by atoms with Gasteiger partial charge in [-0.3, -0.25) is 4.98 Å². The summed E-state index contributed by atoms with van der Waals surface area (Å²) in [6.07, 6.45) is 1.49. The molecule has 2 aromatic carbocycles. The van der Waals surface area contributed by atoms with E-state index in [2.05, 4.69) is 32.3 Å². The van der Waals surface area contributed by atoms with E-state index in [1.807, 2.05) is 24.3 Å². The minimum absolute atomic E-state index is 0.311. The first kappa shape index (κ1) is 13.5. The van der Waals surface area contributed by atoms with Crippen molar-refractivity contribution in [2.24, 2.45) is 0 Å². The largest absolute Gasteiger partial charge is 0.351 e. The maximum absolute atomic E-state index is 14.0. The molecule has 102 valence electrons. The number of aromatic nitrogens is 1. The fourth-order valence-electron chi connectivity index (χ4n) is 2.09. The molecule has 0 amide bonds. The van der Waals surface area contributed by atoms with Crippen molar-refractivity contribution >= 4 is 38.2 Å². The monoisotopic (exact) mass is 341 g/mol. The molecule has 0 fully saturated rings. The molecule has 0 bridgehead atoms. The van der Waals surface area contributed by atoms with E-state index in [1.165, 1.54) is 12.3 Å². The molecule has 3 nitrogen and oxygen atoms in total. The Morgan fingerprint density at radius 1 is 1.19 bits per heavy atom. The first-order valence-corrected chi connectivity index (χ1v) is 6.98. The van der Waals surface area contributed by atoms with E-state index >= 15 is 0 Å². The standard InChI is InChI=1S/C16H9BrFN3/c17-11-5-6-15(13(18)7-11)21-16-10(8-19)9-20-14-4-2-1-3-12(14)16/h1-7,9H,(H,20,21). The Balaban J connectivity index is 2.17. The second-order valence-electron chi connectivity index (χ2n) is 4.42. The van der Waals surface area contributed by atoms with Gasteiger partial charge in [0.05, 0.1) is 22.5 Å². The van der Waals surface area contributed by atoms with E-state index in [0.717, 1.165) is 10.9 Å². The zero-order valence-electron chi connectivity index (χ0n) is 10.8. The van der Waals surface area contributed by atoms with Crippen LogP contribution >= 0.6 is 15.9 Å². The molecule has 1 heterocycles. The van der Waals surface area contributed by atoms with E-state index in [-0.39, 0.29) is 0 Å². The lowest BCUT2D eigenvalue weighted by Crippen LogP contribution is -1.98. The summed E-state index contributed by atoms with van der Waals surface area (Å²) in [6.45, 7) is 0. The van der Waals surface area contributed by atoms with Crippen LogP contribution in [0.1, 0.15) is 5.56 Å². The smallest absolute Gasteiger partial charge is 0.147 e. The van der Waals surface area contributed by atoms with Gasteiger partial charge in [0.15, 0.2) is 0 Å². The summed E-state index contributed by atoms with van der Waals surface area (Å²) >= 11 is 3.22. The topological polar surface area (TPSA) is 48.7 Å². The van der Waals surface area contributed by atoms with E-state index in [0.29, 0.717) is 21.4 Å². The van der Waals surface area contributed by atoms with Crippen LogP contribution in [0.25, 0.3) is 10.9 Å². The first-order valence-electron chi connectivity index (χ1n) is 6.19. The Hall–Kier alpha value is -2.45. The number of rotatable bonds is 2. The lowest BCUT2D eigenvalue weighted by Gasteiger charge is -2.12. The molecule has 0 saturated carbocycles. The van der Waals surface area contributed by atoms with Crippen LogP contribution in [-0.2, 0) is 0 Å². The summed E-state index contributed by atoms with van der Waals surface area (Å²) in [6, 6.07) is 14.2. The van der Waals surface area contributed by atoms with Crippen molar-refractivity contribution in [2.45, 2.75) is 0 Å². The van der Waals surface area contributed by atoms with Crippen molar-refractivity contribution in [3.05, 3.63) is 64.5 Å². The quantitative estimate of drug-likeness (QED) is 0.731. The number of pyridine rings is 1. The highest BCUT2D eigenvalue weighted by atomic mass is 79.9. The van der Waals surface area contributed by atoms with Gasteiger partial charge in [-0.15, -0.1) is 0 Å². The molecule has 0 atom stereocenters. The van der Waals surface area contributed by atoms with Gasteiger partial charge in [0, 0.05) is 16.1 Å². The zero-order chi connectivity index (χ0) is 14.8. The van der Waals surface area contributed by atoms with Crippen LogP contribution in [0.2, 0.25) is 0 Å². The summed E-state index contributed by atoms with van der Waals surface area (Å²) in [5.41, 5.74) is 1.99. The van der Waals surface area contributed by atoms with Gasteiger partial charge in [0.25, 0.3) is 0 Å². The summed E-state index contributed by atoms with van der Waals surface area (Å²) < 4.78 is 14.6. The van der Waals surface area contributed by atoms with Gasteiger partial charge in [-0.25, -0.2) is 4.39 Å². The molecule has 0 spiro atoms. The molecule has 1 aromatic heterocycles. The highest BCUT2D eigenvalue weighted by Gasteiger charge is 2.11. The van der Waals surface area contributed by atoms with Crippen molar-refractivity contribution in [1.29, 1.82) is 5.26 Å². The molecule has 5 heteroatoms. The molecule has 0 radical (unpaired) electrons. The lowest BCUT2D eigenvalue weighted by molar-refractivity contribution is 0.631. The third kappa shape index (κ3) is 2.58. The molecule has 0 aliphatic carbocycles. The molecule has 1 N–H and O–H groups in total. The van der Waals surface area contributed by atoms with Gasteiger partial charge < -0.3 is 5.32 Å². The molecular formula is C16H9BrFN3. The molecule has 21 heavy (non-hydrogen) atoms. The maximum atomic E-state index is 14.0. The Morgan fingerprint density at radius 2 is 2.00 bits per heavy atom. The Labute approximate surface area is 129 Å². The minimum atomic E-state index is -0.394. The van der Waals surface area contributed by atoms with Crippen LogP contribution in [0, 0.1) is 17.1 Å². The molecular weight excluding hydrogens is 333 g/mol. The van der Waals surface area contributed by atoms with E-state index in [4.69, 9.17) is 0 Å². The van der Waals surface area contributed by atoms with E-state index in [1.54, 1.807) is 12.1 Å². The molecule has 0 unspecified atom stereocenters. The highest BCUT2D eigenvalue weighted by molar-refractivity contribution is 9.10. The Morgan fingerprint density at radius 3 is 2.76 bits per heavy atom. The number of benzene rings is 2. The van der Waals surface area contributed by atoms with Crippen LogP contribution in [-0.4, -0.2) is 4.98 Å². The first-order chi connectivity index (χ1) is 10.2. The highest BCUT2D eigenvalue weighted by Crippen LogP contribution is 2.30. The molecule has 3 aromatic rings. The number of anilines is 2. The van der Waals surface area contributed by atoms with Crippen LogP contribution in [0.4, 0.5) is 15.8 Å². The number of hydrogen-bond donors (Lipinski definition) is 1. The SMILES string of the molecule is N#Cc1cnc2ccccc2c1Nc1ccc(Br)cc1F. The summed E-state index contributed by atoms with van der Waals surface area (Å²) in [5, 5.41) is 13.0. The minimum Gasteiger partial charge on any atom is -0.351 e. The molecule has 3 rings (SSSR count). The molecule has 0 aliphatic rings. The van der Waals surface area contributed by atoms with Crippen molar-refractivity contribution in [1.82, 2.24) is 4.98 Å². The van der Waals surface area contributed by atoms with E-state index in [9.17, 15) is 9.65 Å².